The van der Waals surface area contributed by atoms with Gasteiger partial charge < -0.3 is 10.4 Å². The van der Waals surface area contributed by atoms with Gasteiger partial charge in [-0.3, -0.25) is 0 Å². The number of aromatic carboxylic acids is 1. The number of carbonyl (C=O) groups is 1. The Labute approximate surface area is 82.8 Å². The van der Waals surface area contributed by atoms with Gasteiger partial charge in [-0.25, -0.2) is 4.79 Å². The molecule has 0 radical (unpaired) electrons. The van der Waals surface area contributed by atoms with Gasteiger partial charge in [0.1, 0.15) is 0 Å². The first-order valence-electron chi connectivity index (χ1n) is 4.80. The number of nitrogens with one attached hydrogen (secondary N) is 1. The van der Waals surface area contributed by atoms with E-state index < -0.39 is 5.97 Å². The van der Waals surface area contributed by atoms with E-state index in [9.17, 15) is 4.79 Å². The molecule has 2 N–H and O–H groups in total. The molecule has 74 valence electrons. The number of hydrogen-bond acceptors (Lipinski definition) is 2. The zero-order valence-electron chi connectivity index (χ0n) is 8.08. The quantitative estimate of drug-likeness (QED) is 0.715. The van der Waals surface area contributed by atoms with Crippen molar-refractivity contribution in [2.75, 3.05) is 5.32 Å². The van der Waals surface area contributed by atoms with E-state index >= 15 is 0 Å². The first-order chi connectivity index (χ1) is 6.68. The maximum Gasteiger partial charge on any atom is 0.336 e. The zero-order valence-corrected chi connectivity index (χ0v) is 8.08. The number of anilines is 1. The molecule has 2 rings (SSSR count). The molecule has 1 atom stereocenters. The molecule has 1 aromatic rings. The van der Waals surface area contributed by atoms with Gasteiger partial charge in [0.05, 0.1) is 5.56 Å². The summed E-state index contributed by atoms with van der Waals surface area (Å²) in [6.07, 6.45) is 1.85. The van der Waals surface area contributed by atoms with E-state index in [2.05, 4.69) is 12.2 Å². The number of rotatable bonds is 1. The van der Waals surface area contributed by atoms with Crippen LogP contribution in [-0.4, -0.2) is 17.1 Å². The summed E-state index contributed by atoms with van der Waals surface area (Å²) in [7, 11) is 0. The largest absolute Gasteiger partial charge is 0.478 e. The van der Waals surface area contributed by atoms with Crippen molar-refractivity contribution >= 4 is 11.7 Å². The Morgan fingerprint density at radius 1 is 1.57 bits per heavy atom. The number of carboxylic acids is 1. The van der Waals surface area contributed by atoms with E-state index in [1.165, 1.54) is 0 Å². The SMILES string of the molecule is CC1CCc2c(cccc2C(=O)O)N1. The van der Waals surface area contributed by atoms with Crippen LogP contribution in [0.1, 0.15) is 29.3 Å². The molecule has 0 amide bonds. The van der Waals surface area contributed by atoms with Crippen molar-refractivity contribution in [3.8, 4) is 0 Å². The van der Waals surface area contributed by atoms with Crippen molar-refractivity contribution in [3.63, 3.8) is 0 Å². The van der Waals surface area contributed by atoms with Crippen LogP contribution in [0.3, 0.4) is 0 Å². The van der Waals surface area contributed by atoms with Gasteiger partial charge in [0.25, 0.3) is 0 Å². The molecule has 1 aliphatic heterocycles. The number of benzene rings is 1. The summed E-state index contributed by atoms with van der Waals surface area (Å²) in [5.74, 6) is -0.835. The summed E-state index contributed by atoms with van der Waals surface area (Å²) < 4.78 is 0. The highest BCUT2D eigenvalue weighted by Gasteiger charge is 2.19. The highest BCUT2D eigenvalue weighted by atomic mass is 16.4. The van der Waals surface area contributed by atoms with Crippen LogP contribution in [0.15, 0.2) is 18.2 Å². The molecule has 3 heteroatoms. The van der Waals surface area contributed by atoms with Crippen molar-refractivity contribution in [1.29, 1.82) is 0 Å². The first kappa shape index (κ1) is 9.06. The fourth-order valence-electron chi connectivity index (χ4n) is 1.89. The van der Waals surface area contributed by atoms with Crippen molar-refractivity contribution in [1.82, 2.24) is 0 Å². The van der Waals surface area contributed by atoms with E-state index in [1.807, 2.05) is 6.07 Å². The second-order valence-corrected chi connectivity index (χ2v) is 3.72. The van der Waals surface area contributed by atoms with E-state index in [1.54, 1.807) is 12.1 Å². The highest BCUT2D eigenvalue weighted by Crippen LogP contribution is 2.27. The molecular weight excluding hydrogens is 178 g/mol. The van der Waals surface area contributed by atoms with Gasteiger partial charge in [-0.05, 0) is 37.5 Å². The minimum absolute atomic E-state index is 0.432. The Kier molecular flexibility index (Phi) is 2.15. The summed E-state index contributed by atoms with van der Waals surface area (Å²) in [5.41, 5.74) is 2.35. The van der Waals surface area contributed by atoms with Crippen molar-refractivity contribution in [2.45, 2.75) is 25.8 Å². The maximum absolute atomic E-state index is 10.9. The first-order valence-corrected chi connectivity index (χ1v) is 4.80. The fraction of sp³-hybridized carbons (Fsp3) is 0.364. The molecule has 0 aromatic heterocycles. The van der Waals surface area contributed by atoms with Crippen molar-refractivity contribution < 1.29 is 9.90 Å². The topological polar surface area (TPSA) is 49.3 Å². The van der Waals surface area contributed by atoms with Crippen molar-refractivity contribution in [2.24, 2.45) is 0 Å². The van der Waals surface area contributed by atoms with Crippen LogP contribution in [0.4, 0.5) is 5.69 Å². The highest BCUT2D eigenvalue weighted by molar-refractivity contribution is 5.91. The van der Waals surface area contributed by atoms with Gasteiger partial charge in [0.15, 0.2) is 0 Å². The monoisotopic (exact) mass is 191 g/mol. The van der Waals surface area contributed by atoms with Gasteiger partial charge in [-0.15, -0.1) is 0 Å². The summed E-state index contributed by atoms with van der Waals surface area (Å²) in [6, 6.07) is 5.83. The third kappa shape index (κ3) is 1.45. The van der Waals surface area contributed by atoms with Crippen LogP contribution >= 0.6 is 0 Å². The average Bonchev–Trinajstić information content (AvgIpc) is 2.16. The Balaban J connectivity index is 2.46. The van der Waals surface area contributed by atoms with Crippen LogP contribution in [0, 0.1) is 0 Å². The molecule has 0 bridgehead atoms. The number of carboxylic acid groups (broad SMARTS) is 1. The van der Waals surface area contributed by atoms with Crippen LogP contribution in [0.2, 0.25) is 0 Å². The van der Waals surface area contributed by atoms with Crippen LogP contribution in [0.25, 0.3) is 0 Å². The average molecular weight is 191 g/mol. The molecule has 0 saturated carbocycles. The molecule has 1 unspecified atom stereocenters. The molecule has 14 heavy (non-hydrogen) atoms. The Morgan fingerprint density at radius 3 is 3.07 bits per heavy atom. The maximum atomic E-state index is 10.9. The van der Waals surface area contributed by atoms with Gasteiger partial charge in [0.2, 0.25) is 0 Å². The van der Waals surface area contributed by atoms with Gasteiger partial charge in [0, 0.05) is 11.7 Å². The van der Waals surface area contributed by atoms with Gasteiger partial charge in [-0.2, -0.15) is 0 Å². The summed E-state index contributed by atoms with van der Waals surface area (Å²) in [4.78, 5) is 10.9. The third-order valence-corrected chi connectivity index (χ3v) is 2.64. The second-order valence-electron chi connectivity index (χ2n) is 3.72. The van der Waals surface area contributed by atoms with E-state index in [4.69, 9.17) is 5.11 Å². The Bertz CT molecular complexity index is 374. The molecule has 1 aromatic carbocycles. The molecule has 0 aliphatic carbocycles. The molecule has 3 nitrogen and oxygen atoms in total. The van der Waals surface area contributed by atoms with Crippen LogP contribution in [-0.2, 0) is 6.42 Å². The number of fused-ring (bicyclic) bond motifs is 1. The minimum atomic E-state index is -0.835. The van der Waals surface area contributed by atoms with Gasteiger partial charge >= 0.3 is 5.97 Å². The Hall–Kier alpha value is -1.51. The third-order valence-electron chi connectivity index (χ3n) is 2.64. The smallest absolute Gasteiger partial charge is 0.336 e. The van der Waals surface area contributed by atoms with Crippen LogP contribution in [0.5, 0.6) is 0 Å². The predicted molar refractivity (Wildman–Crippen MR) is 54.8 cm³/mol. The Morgan fingerprint density at radius 2 is 2.36 bits per heavy atom. The lowest BCUT2D eigenvalue weighted by Crippen LogP contribution is -2.23. The predicted octanol–water partition coefficient (Wildman–Crippen LogP) is 2.13. The lowest BCUT2D eigenvalue weighted by Gasteiger charge is -2.25. The zero-order chi connectivity index (χ0) is 10.1. The summed E-state index contributed by atoms with van der Waals surface area (Å²) in [5, 5.41) is 12.3. The second kappa shape index (κ2) is 3.33. The molecule has 0 spiro atoms. The lowest BCUT2D eigenvalue weighted by molar-refractivity contribution is 0.0695. The fourth-order valence-corrected chi connectivity index (χ4v) is 1.89. The molecule has 1 aliphatic rings. The summed E-state index contributed by atoms with van der Waals surface area (Å²) >= 11 is 0. The molecule has 1 heterocycles. The van der Waals surface area contributed by atoms with E-state index in [0.717, 1.165) is 24.1 Å². The molecular formula is C11H13NO2. The van der Waals surface area contributed by atoms with Crippen molar-refractivity contribution in [3.05, 3.63) is 29.3 Å². The van der Waals surface area contributed by atoms with Crippen LogP contribution < -0.4 is 5.32 Å². The lowest BCUT2D eigenvalue weighted by atomic mass is 9.94. The van der Waals surface area contributed by atoms with E-state index in [-0.39, 0.29) is 0 Å². The number of hydrogen-bond donors (Lipinski definition) is 2. The van der Waals surface area contributed by atoms with Gasteiger partial charge in [-0.1, -0.05) is 6.07 Å². The molecule has 0 saturated heterocycles. The molecule has 0 fully saturated rings. The van der Waals surface area contributed by atoms with E-state index in [0.29, 0.717) is 11.6 Å². The normalized spacial score (nSPS) is 19.6. The summed E-state index contributed by atoms with van der Waals surface area (Å²) in [6.45, 7) is 2.11. The standard InChI is InChI=1S/C11H13NO2/c1-7-5-6-8-9(11(13)14)3-2-4-10(8)12-7/h2-4,7,12H,5-6H2,1H3,(H,13,14). The minimum Gasteiger partial charge on any atom is -0.478 e.